The van der Waals surface area contributed by atoms with Crippen molar-refractivity contribution in [2.45, 2.75) is 10.1 Å². The second kappa shape index (κ2) is 10.2. The van der Waals surface area contributed by atoms with Gasteiger partial charge in [0.2, 0.25) is 0 Å². The van der Waals surface area contributed by atoms with Crippen molar-refractivity contribution in [3.05, 3.63) is 84.4 Å². The highest BCUT2D eigenvalue weighted by Crippen LogP contribution is 2.28. The highest BCUT2D eigenvalue weighted by atomic mass is 32.2. The van der Waals surface area contributed by atoms with Crippen LogP contribution in [0.15, 0.2) is 93.4 Å². The molecule has 1 N–H and O–H groups in total. The fraction of sp³-hybridized carbons (Fsp3) is 0.111. The first kappa shape index (κ1) is 24.7. The molecule has 0 radical (unpaired) electrons. The van der Waals surface area contributed by atoms with E-state index in [2.05, 4.69) is 9.71 Å². The van der Waals surface area contributed by atoms with E-state index in [9.17, 15) is 13.2 Å². The molecule has 10 heteroatoms. The molecular weight excluding hydrogens is 512 g/mol. The van der Waals surface area contributed by atoms with Crippen LogP contribution in [0, 0.1) is 0 Å². The Balaban J connectivity index is 1.28. The number of nitrogens with one attached hydrogen (secondary N) is 1. The zero-order valence-electron chi connectivity index (χ0n) is 19.9. The Morgan fingerprint density at radius 3 is 2.35 bits per heavy atom. The van der Waals surface area contributed by atoms with Crippen molar-refractivity contribution >= 4 is 55.1 Å². The number of hydrogen-bond donors (Lipinski definition) is 1. The number of carbonyl (C=O) groups is 1. The van der Waals surface area contributed by atoms with Gasteiger partial charge in [-0.2, -0.15) is 0 Å². The summed E-state index contributed by atoms with van der Waals surface area (Å²) in [5.74, 6) is 1.43. The van der Waals surface area contributed by atoms with Gasteiger partial charge in [0.05, 0.1) is 24.9 Å². The number of rotatable bonds is 9. The first-order valence-corrected chi connectivity index (χ1v) is 13.6. The number of hydrogen-bond acceptors (Lipinski definition) is 8. The van der Waals surface area contributed by atoms with E-state index in [1.54, 1.807) is 43.5 Å². The van der Waals surface area contributed by atoms with E-state index in [1.165, 1.54) is 19.2 Å². The van der Waals surface area contributed by atoms with E-state index in [-0.39, 0.29) is 21.7 Å². The van der Waals surface area contributed by atoms with Gasteiger partial charge in [-0.05, 0) is 71.4 Å². The van der Waals surface area contributed by atoms with Crippen molar-refractivity contribution in [1.29, 1.82) is 0 Å². The van der Waals surface area contributed by atoms with Gasteiger partial charge in [-0.1, -0.05) is 30.0 Å². The van der Waals surface area contributed by atoms with Crippen LogP contribution in [0.3, 0.4) is 0 Å². The normalized spacial score (nSPS) is 11.5. The molecule has 0 saturated heterocycles. The number of anilines is 1. The quantitative estimate of drug-likeness (QED) is 0.187. The molecule has 0 atom stereocenters. The SMILES string of the molecule is COc1ccc(NS(=O)(=O)c2ccc3oc(SCC(=O)c4ccc5cc(OC)ccc5c4)nc3c2)cc1. The van der Waals surface area contributed by atoms with Crippen molar-refractivity contribution in [1.82, 2.24) is 4.98 Å². The second-order valence-corrected chi connectivity index (χ2v) is 10.7. The predicted molar refractivity (Wildman–Crippen MR) is 143 cm³/mol. The summed E-state index contributed by atoms with van der Waals surface area (Å²) in [6, 6.07) is 22.2. The number of ketones is 1. The van der Waals surface area contributed by atoms with Crippen molar-refractivity contribution < 1.29 is 27.1 Å². The molecule has 5 rings (SSSR count). The monoisotopic (exact) mass is 534 g/mol. The molecule has 1 heterocycles. The van der Waals surface area contributed by atoms with Gasteiger partial charge in [-0.15, -0.1) is 0 Å². The van der Waals surface area contributed by atoms with Gasteiger partial charge < -0.3 is 13.9 Å². The van der Waals surface area contributed by atoms with Crippen LogP contribution < -0.4 is 14.2 Å². The molecule has 5 aromatic rings. The lowest BCUT2D eigenvalue weighted by atomic mass is 10.0. The van der Waals surface area contributed by atoms with Gasteiger partial charge in [-0.3, -0.25) is 9.52 Å². The number of benzene rings is 4. The highest BCUT2D eigenvalue weighted by Gasteiger charge is 2.18. The Labute approximate surface area is 217 Å². The van der Waals surface area contributed by atoms with E-state index in [0.29, 0.717) is 28.1 Å². The third-order valence-electron chi connectivity index (χ3n) is 5.69. The third-order valence-corrected chi connectivity index (χ3v) is 7.90. The van der Waals surface area contributed by atoms with E-state index >= 15 is 0 Å². The minimum Gasteiger partial charge on any atom is -0.497 e. The van der Waals surface area contributed by atoms with Crippen LogP contribution in [0.2, 0.25) is 0 Å². The van der Waals surface area contributed by atoms with E-state index in [1.807, 2.05) is 30.3 Å². The Hall–Kier alpha value is -4.02. The summed E-state index contributed by atoms with van der Waals surface area (Å²) >= 11 is 1.16. The van der Waals surface area contributed by atoms with Gasteiger partial charge in [-0.25, -0.2) is 13.4 Å². The molecule has 1 aromatic heterocycles. The first-order chi connectivity index (χ1) is 17.8. The van der Waals surface area contributed by atoms with Gasteiger partial charge in [0, 0.05) is 11.3 Å². The molecule has 0 unspecified atom stereocenters. The lowest BCUT2D eigenvalue weighted by Crippen LogP contribution is -2.12. The van der Waals surface area contributed by atoms with Gasteiger partial charge in [0.1, 0.15) is 17.0 Å². The van der Waals surface area contributed by atoms with Gasteiger partial charge in [0.25, 0.3) is 15.2 Å². The lowest BCUT2D eigenvalue weighted by Gasteiger charge is -2.08. The van der Waals surface area contributed by atoms with Crippen LogP contribution in [0.1, 0.15) is 10.4 Å². The predicted octanol–water partition coefficient (Wildman–Crippen LogP) is 5.77. The van der Waals surface area contributed by atoms with Crippen molar-refractivity contribution in [3.63, 3.8) is 0 Å². The summed E-state index contributed by atoms with van der Waals surface area (Å²) in [7, 11) is -0.690. The van der Waals surface area contributed by atoms with E-state index in [4.69, 9.17) is 13.9 Å². The average Bonchev–Trinajstić information content (AvgIpc) is 3.33. The van der Waals surface area contributed by atoms with Crippen molar-refractivity contribution in [2.24, 2.45) is 0 Å². The molecule has 37 heavy (non-hydrogen) atoms. The fourth-order valence-electron chi connectivity index (χ4n) is 3.72. The number of aromatic nitrogens is 1. The maximum atomic E-state index is 12.8. The maximum absolute atomic E-state index is 12.8. The van der Waals surface area contributed by atoms with Crippen LogP contribution in [-0.2, 0) is 10.0 Å². The largest absolute Gasteiger partial charge is 0.497 e. The number of carbonyl (C=O) groups excluding carboxylic acids is 1. The molecule has 0 spiro atoms. The number of fused-ring (bicyclic) bond motifs is 2. The van der Waals surface area contributed by atoms with Crippen LogP contribution in [-0.4, -0.2) is 39.2 Å². The standard InChI is InChI=1S/C27H22N2O6S2/c1-33-21-9-6-20(7-10-21)29-37(31,32)23-11-12-26-24(15-23)28-27(35-26)36-16-25(30)19-4-3-18-14-22(34-2)8-5-17(18)13-19/h3-15,29H,16H2,1-2H3. The molecule has 0 aliphatic carbocycles. The summed E-state index contributed by atoms with van der Waals surface area (Å²) in [6.45, 7) is 0. The Bertz CT molecular complexity index is 1710. The summed E-state index contributed by atoms with van der Waals surface area (Å²) in [5, 5.41) is 2.21. The zero-order valence-corrected chi connectivity index (χ0v) is 21.6. The zero-order chi connectivity index (χ0) is 26.0. The summed E-state index contributed by atoms with van der Waals surface area (Å²) < 4.78 is 44.3. The van der Waals surface area contributed by atoms with Gasteiger partial charge in [0.15, 0.2) is 11.4 Å². The number of nitrogens with zero attached hydrogens (tertiary/aromatic N) is 1. The molecule has 0 bridgehead atoms. The molecule has 0 saturated carbocycles. The number of Topliss-reactive ketones (excluding diaryl/α,β-unsaturated/α-hetero) is 1. The van der Waals surface area contributed by atoms with Crippen molar-refractivity contribution in [3.8, 4) is 11.5 Å². The number of ether oxygens (including phenoxy) is 2. The van der Waals surface area contributed by atoms with Crippen LogP contribution in [0.4, 0.5) is 5.69 Å². The molecule has 0 amide bonds. The first-order valence-electron chi connectivity index (χ1n) is 11.2. The lowest BCUT2D eigenvalue weighted by molar-refractivity contribution is 0.102. The molecule has 0 aliphatic heterocycles. The molecule has 0 aliphatic rings. The minimum atomic E-state index is -3.84. The fourth-order valence-corrected chi connectivity index (χ4v) is 5.53. The molecule has 0 fully saturated rings. The topological polar surface area (TPSA) is 108 Å². The van der Waals surface area contributed by atoms with E-state index in [0.717, 1.165) is 28.3 Å². The second-order valence-electron chi connectivity index (χ2n) is 8.08. The summed E-state index contributed by atoms with van der Waals surface area (Å²) in [4.78, 5) is 17.2. The third kappa shape index (κ3) is 5.40. The number of methoxy groups -OCH3 is 2. The van der Waals surface area contributed by atoms with Crippen LogP contribution in [0.25, 0.3) is 21.9 Å². The molecular formula is C27H22N2O6S2. The Kier molecular flexibility index (Phi) is 6.77. The summed E-state index contributed by atoms with van der Waals surface area (Å²) in [6.07, 6.45) is 0. The number of sulfonamides is 1. The Morgan fingerprint density at radius 2 is 1.59 bits per heavy atom. The minimum absolute atomic E-state index is 0.0459. The molecule has 8 nitrogen and oxygen atoms in total. The average molecular weight is 535 g/mol. The maximum Gasteiger partial charge on any atom is 0.261 e. The summed E-state index contributed by atoms with van der Waals surface area (Å²) in [5.41, 5.74) is 1.80. The van der Waals surface area contributed by atoms with Gasteiger partial charge >= 0.3 is 0 Å². The van der Waals surface area contributed by atoms with Crippen molar-refractivity contribution in [2.75, 3.05) is 24.7 Å². The molecule has 188 valence electrons. The number of oxazole rings is 1. The molecule has 4 aromatic carbocycles. The number of thioether (sulfide) groups is 1. The highest BCUT2D eigenvalue weighted by molar-refractivity contribution is 7.99. The van der Waals surface area contributed by atoms with E-state index < -0.39 is 10.0 Å². The van der Waals surface area contributed by atoms with Crippen LogP contribution in [0.5, 0.6) is 11.5 Å². The smallest absolute Gasteiger partial charge is 0.261 e. The van der Waals surface area contributed by atoms with Crippen LogP contribution >= 0.6 is 11.8 Å². The Morgan fingerprint density at radius 1 is 0.892 bits per heavy atom.